The number of oxime groups is 2. The maximum atomic E-state index is 9.51. The Balaban J connectivity index is 1.61. The average molecular weight is 539 g/mol. The van der Waals surface area contributed by atoms with E-state index in [-0.39, 0.29) is 0 Å². The molecule has 2 rings (SSSR count). The second kappa shape index (κ2) is 20.9. The molecule has 0 saturated heterocycles. The second-order valence-electron chi connectivity index (χ2n) is 10.2. The largest absolute Gasteiger partial charge is 0.494 e. The molecule has 39 heavy (non-hydrogen) atoms. The van der Waals surface area contributed by atoms with Crippen LogP contribution in [0, 0.1) is 0 Å². The van der Waals surface area contributed by atoms with Gasteiger partial charge in [-0.1, -0.05) is 81.9 Å². The van der Waals surface area contributed by atoms with Crippen LogP contribution in [0.4, 0.5) is 0 Å². The molecule has 6 heteroatoms. The van der Waals surface area contributed by atoms with Crippen molar-refractivity contribution in [3.8, 4) is 11.5 Å². The van der Waals surface area contributed by atoms with Crippen LogP contribution in [-0.2, 0) is 0 Å². The van der Waals surface area contributed by atoms with Crippen LogP contribution in [-0.4, -0.2) is 35.1 Å². The summed E-state index contributed by atoms with van der Waals surface area (Å²) < 4.78 is 11.6. The molecule has 0 amide bonds. The van der Waals surface area contributed by atoms with Gasteiger partial charge in [0.25, 0.3) is 0 Å². The van der Waals surface area contributed by atoms with E-state index in [0.29, 0.717) is 11.4 Å². The Hall–Kier alpha value is -3.02. The summed E-state index contributed by atoms with van der Waals surface area (Å²) in [6.45, 7) is 5.90. The maximum absolute atomic E-state index is 9.51. The number of benzene rings is 2. The van der Waals surface area contributed by atoms with E-state index in [0.717, 1.165) is 93.6 Å². The fraction of sp³-hybridized carbons (Fsp3) is 0.576. The topological polar surface area (TPSA) is 83.6 Å². The van der Waals surface area contributed by atoms with Crippen LogP contribution in [0.1, 0.15) is 121 Å². The van der Waals surface area contributed by atoms with Crippen LogP contribution in [0.25, 0.3) is 0 Å². The summed E-state index contributed by atoms with van der Waals surface area (Å²) in [4.78, 5) is 0. The van der Waals surface area contributed by atoms with Crippen molar-refractivity contribution in [3.63, 3.8) is 0 Å². The SMILES string of the molecule is CCCCCCOc1ccc(/C(CCCCCCC/C(=N/O)c2ccc(OCCCCCC)cc2)=N\O)cc1. The van der Waals surface area contributed by atoms with Crippen molar-refractivity contribution in [2.24, 2.45) is 10.3 Å². The molecule has 0 spiro atoms. The fourth-order valence-electron chi connectivity index (χ4n) is 4.54. The van der Waals surface area contributed by atoms with Crippen LogP contribution in [0.15, 0.2) is 58.8 Å². The summed E-state index contributed by atoms with van der Waals surface area (Å²) in [5.74, 6) is 1.72. The summed E-state index contributed by atoms with van der Waals surface area (Å²) in [7, 11) is 0. The molecule has 0 atom stereocenters. The lowest BCUT2D eigenvalue weighted by Crippen LogP contribution is -2.03. The molecular weight excluding hydrogens is 488 g/mol. The van der Waals surface area contributed by atoms with Crippen molar-refractivity contribution in [1.29, 1.82) is 0 Å². The molecule has 2 aromatic carbocycles. The summed E-state index contributed by atoms with van der Waals surface area (Å²) in [5, 5.41) is 26.1. The quantitative estimate of drug-likeness (QED) is 0.0677. The van der Waals surface area contributed by atoms with Crippen molar-refractivity contribution in [1.82, 2.24) is 0 Å². The predicted octanol–water partition coefficient (Wildman–Crippen LogP) is 9.39. The van der Waals surface area contributed by atoms with E-state index in [2.05, 4.69) is 24.2 Å². The van der Waals surface area contributed by atoms with Crippen molar-refractivity contribution in [3.05, 3.63) is 59.7 Å². The Morgan fingerprint density at radius 2 is 0.872 bits per heavy atom. The standard InChI is InChI=1S/C33H50N2O4/c1-3-5-7-14-26-38-30-22-18-28(19-23-30)32(34-36)16-12-10-9-11-13-17-33(35-37)29-20-24-31(25-21-29)39-27-15-8-6-4-2/h18-25,36-37H,3-17,26-27H2,1-2H3/b34-32-,35-33-. The molecule has 0 aromatic heterocycles. The molecule has 0 aliphatic heterocycles. The number of rotatable bonds is 22. The molecule has 0 aliphatic carbocycles. The third-order valence-corrected chi connectivity index (χ3v) is 6.98. The zero-order valence-corrected chi connectivity index (χ0v) is 24.2. The third kappa shape index (κ3) is 13.6. The lowest BCUT2D eigenvalue weighted by molar-refractivity contribution is 0.305. The van der Waals surface area contributed by atoms with E-state index < -0.39 is 0 Å². The van der Waals surface area contributed by atoms with Gasteiger partial charge < -0.3 is 19.9 Å². The zero-order chi connectivity index (χ0) is 28.0. The van der Waals surface area contributed by atoms with Gasteiger partial charge >= 0.3 is 0 Å². The molecule has 2 aromatic rings. The molecule has 0 bridgehead atoms. The van der Waals surface area contributed by atoms with Gasteiger partial charge in [0, 0.05) is 0 Å². The molecule has 0 aliphatic rings. The number of hydrogen-bond donors (Lipinski definition) is 2. The van der Waals surface area contributed by atoms with Crippen molar-refractivity contribution >= 4 is 11.4 Å². The minimum atomic E-state index is 0.715. The van der Waals surface area contributed by atoms with Crippen LogP contribution in [0.3, 0.4) is 0 Å². The molecule has 6 nitrogen and oxygen atoms in total. The first-order valence-electron chi connectivity index (χ1n) is 15.1. The summed E-state index contributed by atoms with van der Waals surface area (Å²) >= 11 is 0. The Morgan fingerprint density at radius 1 is 0.513 bits per heavy atom. The van der Waals surface area contributed by atoms with E-state index in [1.54, 1.807) is 0 Å². The van der Waals surface area contributed by atoms with Gasteiger partial charge in [-0.15, -0.1) is 0 Å². The van der Waals surface area contributed by atoms with Crippen LogP contribution in [0.2, 0.25) is 0 Å². The lowest BCUT2D eigenvalue weighted by Gasteiger charge is -2.09. The summed E-state index contributed by atoms with van der Waals surface area (Å²) in [6.07, 6.45) is 16.1. The van der Waals surface area contributed by atoms with Crippen molar-refractivity contribution < 1.29 is 19.9 Å². The van der Waals surface area contributed by atoms with Crippen LogP contribution >= 0.6 is 0 Å². The molecule has 216 valence electrons. The number of ether oxygens (including phenoxy) is 2. The number of hydrogen-bond acceptors (Lipinski definition) is 6. The Morgan fingerprint density at radius 3 is 1.23 bits per heavy atom. The minimum absolute atomic E-state index is 0.715. The Bertz CT molecular complexity index is 862. The van der Waals surface area contributed by atoms with E-state index >= 15 is 0 Å². The van der Waals surface area contributed by atoms with E-state index in [9.17, 15) is 10.4 Å². The Kier molecular flexibility index (Phi) is 17.2. The first-order chi connectivity index (χ1) is 19.2. The van der Waals surface area contributed by atoms with Gasteiger partial charge in [0.1, 0.15) is 11.5 Å². The summed E-state index contributed by atoms with van der Waals surface area (Å²) in [5.41, 5.74) is 3.31. The van der Waals surface area contributed by atoms with Crippen molar-refractivity contribution in [2.75, 3.05) is 13.2 Å². The predicted molar refractivity (Wildman–Crippen MR) is 161 cm³/mol. The molecule has 0 fully saturated rings. The first kappa shape index (κ1) is 32.2. The highest BCUT2D eigenvalue weighted by atomic mass is 16.5. The molecule has 2 N–H and O–H groups in total. The molecule has 0 radical (unpaired) electrons. The molecule has 0 heterocycles. The fourth-order valence-corrected chi connectivity index (χ4v) is 4.54. The third-order valence-electron chi connectivity index (χ3n) is 6.98. The van der Waals surface area contributed by atoms with E-state index in [1.165, 1.54) is 38.5 Å². The average Bonchev–Trinajstić information content (AvgIpc) is 2.97. The van der Waals surface area contributed by atoms with Gasteiger partial charge in [-0.3, -0.25) is 0 Å². The summed E-state index contributed by atoms with van der Waals surface area (Å²) in [6, 6.07) is 15.7. The number of nitrogens with zero attached hydrogens (tertiary/aromatic N) is 2. The lowest BCUT2D eigenvalue weighted by atomic mass is 10.0. The highest BCUT2D eigenvalue weighted by Crippen LogP contribution is 2.19. The van der Waals surface area contributed by atoms with Gasteiger partial charge in [0.2, 0.25) is 0 Å². The van der Waals surface area contributed by atoms with Gasteiger partial charge in [0.05, 0.1) is 24.6 Å². The number of unbranched alkanes of at least 4 members (excludes halogenated alkanes) is 10. The molecule has 0 unspecified atom stereocenters. The second-order valence-corrected chi connectivity index (χ2v) is 10.2. The van der Waals surface area contributed by atoms with E-state index in [4.69, 9.17) is 9.47 Å². The van der Waals surface area contributed by atoms with Crippen molar-refractivity contribution in [2.45, 2.75) is 110 Å². The highest BCUT2D eigenvalue weighted by molar-refractivity contribution is 6.00. The molecule has 0 saturated carbocycles. The first-order valence-corrected chi connectivity index (χ1v) is 15.1. The monoisotopic (exact) mass is 538 g/mol. The van der Waals surface area contributed by atoms with Crippen LogP contribution < -0.4 is 9.47 Å². The van der Waals surface area contributed by atoms with Gasteiger partial charge in [-0.2, -0.15) is 0 Å². The highest BCUT2D eigenvalue weighted by Gasteiger charge is 2.07. The normalized spacial score (nSPS) is 12.1. The maximum Gasteiger partial charge on any atom is 0.119 e. The van der Waals surface area contributed by atoms with Gasteiger partial charge in [-0.25, -0.2) is 0 Å². The van der Waals surface area contributed by atoms with Gasteiger partial charge in [0.15, 0.2) is 0 Å². The minimum Gasteiger partial charge on any atom is -0.494 e. The van der Waals surface area contributed by atoms with E-state index in [1.807, 2.05) is 48.5 Å². The van der Waals surface area contributed by atoms with Gasteiger partial charge in [-0.05, 0) is 98.2 Å². The molecular formula is C33H50N2O4. The van der Waals surface area contributed by atoms with Crippen LogP contribution in [0.5, 0.6) is 11.5 Å². The Labute approximate surface area is 236 Å². The smallest absolute Gasteiger partial charge is 0.119 e. The zero-order valence-electron chi connectivity index (χ0n) is 24.2.